The summed E-state index contributed by atoms with van der Waals surface area (Å²) in [6.07, 6.45) is 0. The van der Waals surface area contributed by atoms with Crippen LogP contribution < -0.4 is 4.74 Å². The minimum atomic E-state index is -3.06. The lowest BCUT2D eigenvalue weighted by atomic mass is 10.0. The van der Waals surface area contributed by atoms with Gasteiger partial charge in [0.1, 0.15) is 11.8 Å². The van der Waals surface area contributed by atoms with Crippen LogP contribution in [0.25, 0.3) is 11.1 Å². The number of nitriles is 1. The largest absolute Gasteiger partial charge is 0.425 e. The lowest BCUT2D eigenvalue weighted by Gasteiger charge is -2.33. The average Bonchev–Trinajstić information content (AvgIpc) is 2.82. The van der Waals surface area contributed by atoms with Gasteiger partial charge in [-0.1, -0.05) is 54.6 Å². The minimum absolute atomic E-state index is 0.0307. The lowest BCUT2D eigenvalue weighted by Crippen LogP contribution is -2.45. The Morgan fingerprint density at radius 1 is 0.875 bits per heavy atom. The van der Waals surface area contributed by atoms with Gasteiger partial charge >= 0.3 is 5.97 Å². The van der Waals surface area contributed by atoms with Crippen LogP contribution in [-0.2, 0) is 14.6 Å². The van der Waals surface area contributed by atoms with Crippen LogP contribution in [0.5, 0.6) is 5.75 Å². The third-order valence-corrected chi connectivity index (χ3v) is 7.11. The molecular weight excluding hydrogens is 424 g/mol. The number of benzene rings is 3. The minimum Gasteiger partial charge on any atom is -0.425 e. The van der Waals surface area contributed by atoms with Gasteiger partial charge < -0.3 is 4.74 Å². The second-order valence-electron chi connectivity index (χ2n) is 7.64. The maximum Gasteiger partial charge on any atom is 0.333 e. The van der Waals surface area contributed by atoms with Crippen LogP contribution in [0.15, 0.2) is 78.9 Å². The highest BCUT2D eigenvalue weighted by molar-refractivity contribution is 7.91. The fourth-order valence-corrected chi connectivity index (χ4v) is 4.97. The van der Waals surface area contributed by atoms with Crippen molar-refractivity contribution in [3.05, 3.63) is 90.0 Å². The first-order chi connectivity index (χ1) is 15.4. The molecule has 1 atom stereocenters. The Bertz CT molecular complexity index is 1220. The number of nitrogens with zero attached hydrogens (tertiary/aromatic N) is 2. The number of carbonyl (C=O) groups is 1. The van der Waals surface area contributed by atoms with E-state index in [0.29, 0.717) is 11.3 Å². The number of carbonyl (C=O) groups excluding carboxylic acids is 1. The third-order valence-electron chi connectivity index (χ3n) is 5.50. The second-order valence-corrected chi connectivity index (χ2v) is 9.94. The topological polar surface area (TPSA) is 87.5 Å². The van der Waals surface area contributed by atoms with Gasteiger partial charge in [0.25, 0.3) is 0 Å². The normalized spacial score (nSPS) is 16.6. The van der Waals surface area contributed by atoms with Crippen molar-refractivity contribution >= 4 is 15.8 Å². The fourth-order valence-electron chi connectivity index (χ4n) is 3.74. The molecule has 1 aliphatic rings. The molecule has 4 rings (SSSR count). The highest BCUT2D eigenvalue weighted by Crippen LogP contribution is 2.27. The Balaban J connectivity index is 1.52. The first-order valence-electron chi connectivity index (χ1n) is 10.3. The van der Waals surface area contributed by atoms with Crippen LogP contribution in [0, 0.1) is 11.3 Å². The zero-order valence-corrected chi connectivity index (χ0v) is 18.2. The molecule has 3 aromatic carbocycles. The van der Waals surface area contributed by atoms with E-state index in [9.17, 15) is 13.2 Å². The number of sulfone groups is 1. The first-order valence-corrected chi connectivity index (χ1v) is 12.1. The molecule has 162 valence electrons. The van der Waals surface area contributed by atoms with Crippen molar-refractivity contribution < 1.29 is 17.9 Å². The zero-order chi connectivity index (χ0) is 22.6. The van der Waals surface area contributed by atoms with Gasteiger partial charge in [0, 0.05) is 13.1 Å². The summed E-state index contributed by atoms with van der Waals surface area (Å²) in [6, 6.07) is 25.1. The monoisotopic (exact) mass is 446 g/mol. The van der Waals surface area contributed by atoms with E-state index >= 15 is 0 Å². The van der Waals surface area contributed by atoms with E-state index in [1.54, 1.807) is 24.3 Å². The van der Waals surface area contributed by atoms with Crippen molar-refractivity contribution in [3.63, 3.8) is 0 Å². The third kappa shape index (κ3) is 5.05. The molecule has 1 fully saturated rings. The molecular formula is C25H22N2O4S. The van der Waals surface area contributed by atoms with Crippen molar-refractivity contribution in [1.29, 1.82) is 5.26 Å². The van der Waals surface area contributed by atoms with E-state index in [4.69, 9.17) is 10.00 Å². The van der Waals surface area contributed by atoms with Gasteiger partial charge in [-0.05, 0) is 41.0 Å². The summed E-state index contributed by atoms with van der Waals surface area (Å²) >= 11 is 0. The van der Waals surface area contributed by atoms with E-state index in [1.165, 1.54) is 0 Å². The Labute approximate surface area is 187 Å². The summed E-state index contributed by atoms with van der Waals surface area (Å²) in [5.41, 5.74) is 3.26. The van der Waals surface area contributed by atoms with Crippen molar-refractivity contribution in [2.75, 3.05) is 24.6 Å². The molecule has 0 bridgehead atoms. The smallest absolute Gasteiger partial charge is 0.333 e. The highest BCUT2D eigenvalue weighted by atomic mass is 32.2. The van der Waals surface area contributed by atoms with E-state index < -0.39 is 21.8 Å². The van der Waals surface area contributed by atoms with Gasteiger partial charge in [0.15, 0.2) is 9.84 Å². The quantitative estimate of drug-likeness (QED) is 0.440. The summed E-state index contributed by atoms with van der Waals surface area (Å²) in [4.78, 5) is 15.0. The molecule has 0 N–H and O–H groups in total. The molecule has 32 heavy (non-hydrogen) atoms. The molecule has 0 saturated carbocycles. The van der Waals surface area contributed by atoms with Crippen LogP contribution in [0.3, 0.4) is 0 Å². The Kier molecular flexibility index (Phi) is 6.35. The predicted octanol–water partition coefficient (Wildman–Crippen LogP) is 3.60. The highest BCUT2D eigenvalue weighted by Gasteiger charge is 2.33. The number of esters is 1. The predicted molar refractivity (Wildman–Crippen MR) is 122 cm³/mol. The number of hydrogen-bond donors (Lipinski definition) is 0. The molecule has 0 aromatic heterocycles. The Hall–Kier alpha value is -3.47. The van der Waals surface area contributed by atoms with Gasteiger partial charge in [-0.15, -0.1) is 0 Å². The molecule has 3 aromatic rings. The summed E-state index contributed by atoms with van der Waals surface area (Å²) < 4.78 is 29.4. The fraction of sp³-hybridized carbons (Fsp3) is 0.200. The number of hydrogen-bond acceptors (Lipinski definition) is 6. The Morgan fingerprint density at radius 2 is 1.44 bits per heavy atom. The van der Waals surface area contributed by atoms with Crippen LogP contribution in [0.2, 0.25) is 0 Å². The summed E-state index contributed by atoms with van der Waals surface area (Å²) in [6.45, 7) is 0.573. The van der Waals surface area contributed by atoms with Gasteiger partial charge in [0.05, 0.1) is 23.1 Å². The molecule has 0 aliphatic carbocycles. The van der Waals surface area contributed by atoms with Crippen LogP contribution in [0.4, 0.5) is 0 Å². The molecule has 7 heteroatoms. The standard InChI is InChI=1S/C25H22N2O4S/c26-18-19-6-8-20(9-7-19)21-10-12-23(13-11-21)31-25(28)24(22-4-2-1-3-5-22)27-14-16-32(29,30)17-15-27/h1-13,24H,14-17H2. The molecule has 1 aliphatic heterocycles. The van der Waals surface area contributed by atoms with Crippen molar-refractivity contribution in [1.82, 2.24) is 4.90 Å². The van der Waals surface area contributed by atoms with E-state index in [1.807, 2.05) is 59.5 Å². The van der Waals surface area contributed by atoms with Crippen molar-refractivity contribution in [2.45, 2.75) is 6.04 Å². The van der Waals surface area contributed by atoms with Crippen LogP contribution in [-0.4, -0.2) is 43.9 Å². The van der Waals surface area contributed by atoms with E-state index in [0.717, 1.165) is 16.7 Å². The molecule has 6 nitrogen and oxygen atoms in total. The summed E-state index contributed by atoms with van der Waals surface area (Å²) in [7, 11) is -3.06. The van der Waals surface area contributed by atoms with Crippen LogP contribution in [0.1, 0.15) is 17.2 Å². The first kappa shape index (κ1) is 21.8. The maximum absolute atomic E-state index is 13.2. The molecule has 1 heterocycles. The lowest BCUT2D eigenvalue weighted by molar-refractivity contribution is -0.140. The molecule has 0 spiro atoms. The van der Waals surface area contributed by atoms with Gasteiger partial charge in [-0.2, -0.15) is 5.26 Å². The summed E-state index contributed by atoms with van der Waals surface area (Å²) in [5.74, 6) is 0.0331. The van der Waals surface area contributed by atoms with Gasteiger partial charge in [-0.25, -0.2) is 13.2 Å². The van der Waals surface area contributed by atoms with Gasteiger partial charge in [0.2, 0.25) is 0 Å². The van der Waals surface area contributed by atoms with E-state index in [2.05, 4.69) is 6.07 Å². The number of rotatable bonds is 5. The average molecular weight is 447 g/mol. The summed E-state index contributed by atoms with van der Waals surface area (Å²) in [5, 5.41) is 8.93. The second kappa shape index (κ2) is 9.35. The number of ether oxygens (including phenoxy) is 1. The zero-order valence-electron chi connectivity index (χ0n) is 17.3. The maximum atomic E-state index is 13.2. The molecule has 1 unspecified atom stereocenters. The Morgan fingerprint density at radius 3 is 2.00 bits per heavy atom. The van der Waals surface area contributed by atoms with Crippen molar-refractivity contribution in [3.8, 4) is 22.9 Å². The van der Waals surface area contributed by atoms with Crippen molar-refractivity contribution in [2.24, 2.45) is 0 Å². The molecule has 0 radical (unpaired) electrons. The SMILES string of the molecule is N#Cc1ccc(-c2ccc(OC(=O)C(c3ccccc3)N3CCS(=O)(=O)CC3)cc2)cc1. The molecule has 0 amide bonds. The van der Waals surface area contributed by atoms with E-state index in [-0.39, 0.29) is 24.6 Å². The van der Waals surface area contributed by atoms with Crippen LogP contribution >= 0.6 is 0 Å². The van der Waals surface area contributed by atoms with Gasteiger partial charge in [-0.3, -0.25) is 4.90 Å². The molecule has 1 saturated heterocycles.